The van der Waals surface area contributed by atoms with Gasteiger partial charge in [0.25, 0.3) is 0 Å². The Morgan fingerprint density at radius 3 is 2.12 bits per heavy atom. The summed E-state index contributed by atoms with van der Waals surface area (Å²) in [5, 5.41) is 3.99. The Balaban J connectivity index is 1.88. The second-order valence-corrected chi connectivity index (χ2v) is 7.68. The molecule has 1 nitrogen and oxygen atoms in total. The highest BCUT2D eigenvalue weighted by Gasteiger charge is 2.36. The molecule has 0 saturated heterocycles. The Morgan fingerprint density at radius 2 is 1.59 bits per heavy atom. The van der Waals surface area contributed by atoms with E-state index in [0.29, 0.717) is 5.41 Å². The normalized spacial score (nSPS) is 46.1. The molecule has 100 valence electrons. The van der Waals surface area contributed by atoms with Gasteiger partial charge in [0.2, 0.25) is 0 Å². The fraction of sp³-hybridized carbons (Fsp3) is 1.00. The molecule has 2 aliphatic carbocycles. The molecule has 0 aliphatic heterocycles. The monoisotopic (exact) mass is 237 g/mol. The Kier molecular flexibility index (Phi) is 3.87. The van der Waals surface area contributed by atoms with Gasteiger partial charge in [-0.15, -0.1) is 0 Å². The maximum Gasteiger partial charge on any atom is 0.00980 e. The predicted octanol–water partition coefficient (Wildman–Crippen LogP) is 4.23. The first-order valence-electron chi connectivity index (χ1n) is 7.65. The smallest absolute Gasteiger partial charge is 0.00980 e. The highest BCUT2D eigenvalue weighted by molar-refractivity contribution is 4.92. The van der Waals surface area contributed by atoms with E-state index >= 15 is 0 Å². The second kappa shape index (κ2) is 4.91. The lowest BCUT2D eigenvalue weighted by molar-refractivity contribution is 0.136. The van der Waals surface area contributed by atoms with E-state index in [0.717, 1.165) is 29.8 Å². The van der Waals surface area contributed by atoms with Crippen molar-refractivity contribution in [3.05, 3.63) is 0 Å². The molecule has 2 saturated carbocycles. The van der Waals surface area contributed by atoms with Gasteiger partial charge in [0, 0.05) is 12.1 Å². The molecule has 0 aromatic carbocycles. The van der Waals surface area contributed by atoms with E-state index in [1.54, 1.807) is 0 Å². The Labute approximate surface area is 108 Å². The van der Waals surface area contributed by atoms with Gasteiger partial charge in [-0.2, -0.15) is 0 Å². The van der Waals surface area contributed by atoms with Crippen molar-refractivity contribution in [2.75, 3.05) is 0 Å². The quantitative estimate of drug-likeness (QED) is 0.758. The fourth-order valence-corrected chi connectivity index (χ4v) is 4.07. The van der Waals surface area contributed by atoms with Gasteiger partial charge < -0.3 is 5.32 Å². The lowest BCUT2D eigenvalue weighted by Gasteiger charge is -2.41. The van der Waals surface area contributed by atoms with Gasteiger partial charge in [0.05, 0.1) is 0 Å². The minimum absolute atomic E-state index is 0.576. The molecule has 0 aromatic heterocycles. The van der Waals surface area contributed by atoms with Gasteiger partial charge in [-0.25, -0.2) is 0 Å². The summed E-state index contributed by atoms with van der Waals surface area (Å²) >= 11 is 0. The molecule has 0 radical (unpaired) electrons. The van der Waals surface area contributed by atoms with Crippen LogP contribution in [-0.2, 0) is 0 Å². The first-order chi connectivity index (χ1) is 7.89. The van der Waals surface area contributed by atoms with Crippen molar-refractivity contribution in [1.29, 1.82) is 0 Å². The van der Waals surface area contributed by atoms with Gasteiger partial charge >= 0.3 is 0 Å². The standard InChI is InChI=1S/C16H31N/c1-11-6-7-15(13(11)3)17-14-8-9-16(4,5)10-12(14)2/h11-15,17H,6-10H2,1-5H3. The van der Waals surface area contributed by atoms with Crippen LogP contribution >= 0.6 is 0 Å². The van der Waals surface area contributed by atoms with Crippen LogP contribution in [-0.4, -0.2) is 12.1 Å². The Hall–Kier alpha value is -0.0400. The van der Waals surface area contributed by atoms with Crippen molar-refractivity contribution >= 4 is 0 Å². The average Bonchev–Trinajstić information content (AvgIpc) is 2.53. The maximum atomic E-state index is 3.99. The van der Waals surface area contributed by atoms with E-state index < -0.39 is 0 Å². The molecule has 2 rings (SSSR count). The zero-order valence-electron chi connectivity index (χ0n) is 12.4. The summed E-state index contributed by atoms with van der Waals surface area (Å²) in [6.45, 7) is 12.2. The van der Waals surface area contributed by atoms with E-state index in [2.05, 4.69) is 39.9 Å². The van der Waals surface area contributed by atoms with E-state index in [1.807, 2.05) is 0 Å². The molecule has 1 N–H and O–H groups in total. The van der Waals surface area contributed by atoms with Crippen LogP contribution < -0.4 is 5.32 Å². The molecule has 2 fully saturated rings. The summed E-state index contributed by atoms with van der Waals surface area (Å²) in [4.78, 5) is 0. The molecule has 5 atom stereocenters. The minimum Gasteiger partial charge on any atom is -0.311 e. The molecular weight excluding hydrogens is 206 g/mol. The fourth-order valence-electron chi connectivity index (χ4n) is 4.07. The van der Waals surface area contributed by atoms with Gasteiger partial charge in [-0.05, 0) is 55.3 Å². The third-order valence-electron chi connectivity index (χ3n) is 5.59. The van der Waals surface area contributed by atoms with Gasteiger partial charge in [-0.1, -0.05) is 34.6 Å². The van der Waals surface area contributed by atoms with E-state index in [4.69, 9.17) is 0 Å². The molecule has 0 amide bonds. The Morgan fingerprint density at radius 1 is 0.882 bits per heavy atom. The van der Waals surface area contributed by atoms with E-state index in [1.165, 1.54) is 32.1 Å². The van der Waals surface area contributed by atoms with E-state index in [9.17, 15) is 0 Å². The lowest BCUT2D eigenvalue weighted by Crippen LogP contribution is -2.47. The highest BCUT2D eigenvalue weighted by Crippen LogP contribution is 2.40. The SMILES string of the molecule is CC1CC(C)(C)CCC1NC1CCC(C)C1C. The van der Waals surface area contributed by atoms with Crippen LogP contribution in [0.15, 0.2) is 0 Å². The largest absolute Gasteiger partial charge is 0.311 e. The molecular formula is C16H31N. The van der Waals surface area contributed by atoms with Gasteiger partial charge in [0.15, 0.2) is 0 Å². The van der Waals surface area contributed by atoms with Crippen LogP contribution in [0.25, 0.3) is 0 Å². The van der Waals surface area contributed by atoms with Gasteiger partial charge in [-0.3, -0.25) is 0 Å². The first kappa shape index (κ1) is 13.4. The number of hydrogen-bond donors (Lipinski definition) is 1. The van der Waals surface area contributed by atoms with Crippen LogP contribution in [0.1, 0.15) is 66.7 Å². The maximum absolute atomic E-state index is 3.99. The number of nitrogens with one attached hydrogen (secondary N) is 1. The molecule has 0 aromatic rings. The van der Waals surface area contributed by atoms with Crippen molar-refractivity contribution in [2.24, 2.45) is 23.2 Å². The summed E-state index contributed by atoms with van der Waals surface area (Å²) in [5.74, 6) is 2.64. The highest BCUT2D eigenvalue weighted by atomic mass is 15.0. The second-order valence-electron chi connectivity index (χ2n) is 7.68. The molecule has 2 aliphatic rings. The first-order valence-corrected chi connectivity index (χ1v) is 7.65. The van der Waals surface area contributed by atoms with Crippen LogP contribution in [0.3, 0.4) is 0 Å². The zero-order chi connectivity index (χ0) is 12.6. The third-order valence-corrected chi connectivity index (χ3v) is 5.59. The van der Waals surface area contributed by atoms with Crippen molar-refractivity contribution < 1.29 is 0 Å². The van der Waals surface area contributed by atoms with Crippen LogP contribution in [0.4, 0.5) is 0 Å². The number of rotatable bonds is 2. The minimum atomic E-state index is 0.576. The Bertz CT molecular complexity index is 258. The molecule has 5 unspecified atom stereocenters. The summed E-state index contributed by atoms with van der Waals surface area (Å²) in [6.07, 6.45) is 6.99. The van der Waals surface area contributed by atoms with Crippen molar-refractivity contribution in [3.63, 3.8) is 0 Å². The predicted molar refractivity (Wildman–Crippen MR) is 75.1 cm³/mol. The summed E-state index contributed by atoms with van der Waals surface area (Å²) in [7, 11) is 0. The molecule has 17 heavy (non-hydrogen) atoms. The van der Waals surface area contributed by atoms with Crippen LogP contribution in [0.5, 0.6) is 0 Å². The van der Waals surface area contributed by atoms with Crippen LogP contribution in [0.2, 0.25) is 0 Å². The van der Waals surface area contributed by atoms with Crippen molar-refractivity contribution in [2.45, 2.75) is 78.8 Å². The zero-order valence-corrected chi connectivity index (χ0v) is 12.4. The molecule has 0 heterocycles. The lowest BCUT2D eigenvalue weighted by atomic mass is 9.70. The summed E-state index contributed by atoms with van der Waals surface area (Å²) in [5.41, 5.74) is 0.576. The molecule has 0 spiro atoms. The van der Waals surface area contributed by atoms with Crippen molar-refractivity contribution in [3.8, 4) is 0 Å². The van der Waals surface area contributed by atoms with E-state index in [-0.39, 0.29) is 0 Å². The molecule has 1 heteroatoms. The van der Waals surface area contributed by atoms with Gasteiger partial charge in [0.1, 0.15) is 0 Å². The molecule has 0 bridgehead atoms. The average molecular weight is 237 g/mol. The third kappa shape index (κ3) is 3.05. The number of hydrogen-bond acceptors (Lipinski definition) is 1. The summed E-state index contributed by atoms with van der Waals surface area (Å²) in [6, 6.07) is 1.57. The van der Waals surface area contributed by atoms with Crippen molar-refractivity contribution in [1.82, 2.24) is 5.32 Å². The van der Waals surface area contributed by atoms with Crippen LogP contribution in [0, 0.1) is 23.2 Å². The summed E-state index contributed by atoms with van der Waals surface area (Å²) < 4.78 is 0. The topological polar surface area (TPSA) is 12.0 Å².